The van der Waals surface area contributed by atoms with Crippen molar-refractivity contribution in [1.82, 2.24) is 10.6 Å². The molecule has 0 bridgehead atoms. The Morgan fingerprint density at radius 3 is 2.85 bits per heavy atom. The van der Waals surface area contributed by atoms with Gasteiger partial charge in [0, 0.05) is 24.8 Å². The van der Waals surface area contributed by atoms with Crippen molar-refractivity contribution in [2.45, 2.75) is 38.4 Å². The molecule has 0 saturated carbocycles. The Kier molecular flexibility index (Phi) is 11.4. The minimum Gasteiger partial charge on any atom is -0.357 e. The highest BCUT2D eigenvalue weighted by atomic mass is 127. The summed E-state index contributed by atoms with van der Waals surface area (Å²) in [6.45, 7) is 6.15. The fraction of sp³-hybridized carbons (Fsp3) is 0.556. The van der Waals surface area contributed by atoms with E-state index in [4.69, 9.17) is 11.6 Å². The van der Waals surface area contributed by atoms with Crippen LogP contribution in [0.25, 0.3) is 0 Å². The summed E-state index contributed by atoms with van der Waals surface area (Å²) in [5.41, 5.74) is 1.72. The summed E-state index contributed by atoms with van der Waals surface area (Å²) >= 11 is 8.14. The molecule has 1 aromatic carbocycles. The number of carbonyl (C=O) groups is 1. The van der Waals surface area contributed by atoms with Gasteiger partial charge in [0.15, 0.2) is 5.96 Å². The van der Waals surface area contributed by atoms with Crippen LogP contribution in [0.5, 0.6) is 0 Å². The fourth-order valence-electron chi connectivity index (χ4n) is 2.55. The first kappa shape index (κ1) is 23.4. The van der Waals surface area contributed by atoms with E-state index in [1.54, 1.807) is 0 Å². The topological polar surface area (TPSA) is 65.5 Å². The van der Waals surface area contributed by atoms with E-state index in [2.05, 4.69) is 20.9 Å². The van der Waals surface area contributed by atoms with Gasteiger partial charge in [0.2, 0.25) is 5.91 Å². The van der Waals surface area contributed by atoms with E-state index in [-0.39, 0.29) is 29.9 Å². The zero-order valence-corrected chi connectivity index (χ0v) is 19.2. The second-order valence-corrected chi connectivity index (χ2v) is 7.88. The van der Waals surface area contributed by atoms with Crippen LogP contribution in [0, 0.1) is 6.92 Å². The van der Waals surface area contributed by atoms with Crippen LogP contribution in [0.3, 0.4) is 0 Å². The lowest BCUT2D eigenvalue weighted by molar-refractivity contribution is -0.116. The van der Waals surface area contributed by atoms with Crippen molar-refractivity contribution in [3.63, 3.8) is 0 Å². The summed E-state index contributed by atoms with van der Waals surface area (Å²) in [7, 11) is 0. The third kappa shape index (κ3) is 8.35. The number of aryl methyl sites for hydroxylation is 1. The highest BCUT2D eigenvalue weighted by molar-refractivity contribution is 14.0. The molecule has 0 aromatic heterocycles. The van der Waals surface area contributed by atoms with Gasteiger partial charge in [0.1, 0.15) is 0 Å². The SMILES string of the molecule is CCNC(=NCC1CCCS1)NCCC(=O)Nc1ccc(C)cc1Cl.I. The van der Waals surface area contributed by atoms with Crippen LogP contribution in [0.15, 0.2) is 23.2 Å². The second-order valence-electron chi connectivity index (χ2n) is 6.06. The molecule has 1 atom stereocenters. The molecular weight excluding hydrogens is 483 g/mol. The maximum atomic E-state index is 12.1. The number of nitrogens with one attached hydrogen (secondary N) is 3. The smallest absolute Gasteiger partial charge is 0.226 e. The van der Waals surface area contributed by atoms with Crippen molar-refractivity contribution in [3.05, 3.63) is 28.8 Å². The number of thioether (sulfide) groups is 1. The van der Waals surface area contributed by atoms with Crippen LogP contribution in [0.1, 0.15) is 31.7 Å². The molecule has 146 valence electrons. The first-order valence-electron chi connectivity index (χ1n) is 8.78. The van der Waals surface area contributed by atoms with Gasteiger partial charge < -0.3 is 16.0 Å². The Hall–Kier alpha value is -0.670. The third-order valence-corrected chi connectivity index (χ3v) is 5.56. The Morgan fingerprint density at radius 1 is 1.38 bits per heavy atom. The molecule has 1 aliphatic rings. The quantitative estimate of drug-likeness (QED) is 0.294. The van der Waals surface area contributed by atoms with E-state index in [1.165, 1.54) is 18.6 Å². The molecule has 1 saturated heterocycles. The lowest BCUT2D eigenvalue weighted by atomic mass is 10.2. The van der Waals surface area contributed by atoms with Gasteiger partial charge >= 0.3 is 0 Å². The van der Waals surface area contributed by atoms with Crippen molar-refractivity contribution in [2.75, 3.05) is 30.7 Å². The fourth-order valence-corrected chi connectivity index (χ4v) is 4.01. The molecule has 1 amide bonds. The van der Waals surface area contributed by atoms with Crippen LogP contribution >= 0.6 is 47.3 Å². The highest BCUT2D eigenvalue weighted by Gasteiger charge is 2.15. The summed E-state index contributed by atoms with van der Waals surface area (Å²) < 4.78 is 0. The molecule has 1 aromatic rings. The Morgan fingerprint density at radius 2 is 2.19 bits per heavy atom. The third-order valence-electron chi connectivity index (χ3n) is 3.86. The average Bonchev–Trinajstić information content (AvgIpc) is 3.09. The van der Waals surface area contributed by atoms with Gasteiger partial charge in [0.05, 0.1) is 17.3 Å². The first-order chi connectivity index (χ1) is 12.1. The van der Waals surface area contributed by atoms with E-state index < -0.39 is 0 Å². The average molecular weight is 511 g/mol. The van der Waals surface area contributed by atoms with Gasteiger partial charge in [-0.2, -0.15) is 11.8 Å². The number of carbonyl (C=O) groups excluding carboxylic acids is 1. The number of rotatable bonds is 7. The number of hydrogen-bond donors (Lipinski definition) is 3. The summed E-state index contributed by atoms with van der Waals surface area (Å²) in [6.07, 6.45) is 2.89. The number of anilines is 1. The van der Waals surface area contributed by atoms with Crippen molar-refractivity contribution in [1.29, 1.82) is 0 Å². The molecule has 26 heavy (non-hydrogen) atoms. The van der Waals surface area contributed by atoms with Crippen molar-refractivity contribution in [2.24, 2.45) is 4.99 Å². The number of hydrogen-bond acceptors (Lipinski definition) is 3. The number of halogens is 2. The van der Waals surface area contributed by atoms with Gasteiger partial charge in [-0.15, -0.1) is 24.0 Å². The molecule has 3 N–H and O–H groups in total. The molecular formula is C18H28ClIN4OS. The zero-order chi connectivity index (χ0) is 18.1. The van der Waals surface area contributed by atoms with Gasteiger partial charge in [0.25, 0.3) is 0 Å². The zero-order valence-electron chi connectivity index (χ0n) is 15.3. The van der Waals surface area contributed by atoms with Gasteiger partial charge in [-0.05, 0) is 50.1 Å². The monoisotopic (exact) mass is 510 g/mol. The summed E-state index contributed by atoms with van der Waals surface area (Å²) in [5.74, 6) is 1.95. The number of aliphatic imine (C=N–C) groups is 1. The van der Waals surface area contributed by atoms with E-state index in [0.29, 0.717) is 28.9 Å². The maximum absolute atomic E-state index is 12.1. The van der Waals surface area contributed by atoms with Gasteiger partial charge in [-0.25, -0.2) is 0 Å². The lowest BCUT2D eigenvalue weighted by Gasteiger charge is -2.13. The van der Waals surface area contributed by atoms with E-state index in [9.17, 15) is 4.79 Å². The molecule has 8 heteroatoms. The Balaban J connectivity index is 0.00000338. The molecule has 0 aliphatic carbocycles. The molecule has 1 aliphatic heterocycles. The van der Waals surface area contributed by atoms with Gasteiger partial charge in [-0.1, -0.05) is 17.7 Å². The molecule has 1 heterocycles. The maximum Gasteiger partial charge on any atom is 0.226 e. The van der Waals surface area contributed by atoms with E-state index >= 15 is 0 Å². The summed E-state index contributed by atoms with van der Waals surface area (Å²) in [4.78, 5) is 16.7. The van der Waals surface area contributed by atoms with Crippen LogP contribution in [-0.4, -0.2) is 42.5 Å². The number of amides is 1. The highest BCUT2D eigenvalue weighted by Crippen LogP contribution is 2.26. The second kappa shape index (κ2) is 12.7. The van der Waals surface area contributed by atoms with E-state index in [0.717, 1.165) is 24.6 Å². The predicted molar refractivity (Wildman–Crippen MR) is 124 cm³/mol. The Bertz CT molecular complexity index is 609. The standard InChI is InChI=1S/C18H27ClN4OS.HI/c1-3-20-18(22-12-14-5-4-10-25-14)21-9-8-17(24)23-16-7-6-13(2)11-15(16)19;/h6-7,11,14H,3-5,8-10,12H2,1-2H3,(H,23,24)(H2,20,21,22);1H. The molecule has 0 spiro atoms. The Labute approximate surface area is 182 Å². The largest absolute Gasteiger partial charge is 0.357 e. The molecule has 2 rings (SSSR count). The predicted octanol–water partition coefficient (Wildman–Crippen LogP) is 4.05. The van der Waals surface area contributed by atoms with E-state index in [1.807, 2.05) is 43.8 Å². The number of guanidine groups is 1. The van der Waals surface area contributed by atoms with Crippen molar-refractivity contribution < 1.29 is 4.79 Å². The molecule has 1 fully saturated rings. The van der Waals surface area contributed by atoms with Gasteiger partial charge in [-0.3, -0.25) is 9.79 Å². The van der Waals surface area contributed by atoms with Crippen LogP contribution in [-0.2, 0) is 4.79 Å². The van der Waals surface area contributed by atoms with Crippen molar-refractivity contribution >= 4 is 64.9 Å². The normalized spacial score (nSPS) is 16.7. The summed E-state index contributed by atoms with van der Waals surface area (Å²) in [5, 5.41) is 10.5. The first-order valence-corrected chi connectivity index (χ1v) is 10.2. The number of nitrogens with zero attached hydrogens (tertiary/aromatic N) is 1. The lowest BCUT2D eigenvalue weighted by Crippen LogP contribution is -2.39. The van der Waals surface area contributed by atoms with Crippen LogP contribution in [0.4, 0.5) is 5.69 Å². The molecule has 1 unspecified atom stereocenters. The minimum atomic E-state index is -0.0690. The molecule has 0 radical (unpaired) electrons. The summed E-state index contributed by atoms with van der Waals surface area (Å²) in [6, 6.07) is 5.59. The molecule has 5 nitrogen and oxygen atoms in total. The minimum absolute atomic E-state index is 0. The van der Waals surface area contributed by atoms with Crippen molar-refractivity contribution in [3.8, 4) is 0 Å². The van der Waals surface area contributed by atoms with Crippen LogP contribution in [0.2, 0.25) is 5.02 Å². The number of benzene rings is 1. The van der Waals surface area contributed by atoms with Crippen LogP contribution < -0.4 is 16.0 Å².